The molecule has 0 aliphatic carbocycles. The lowest BCUT2D eigenvalue weighted by atomic mass is 10.1. The predicted octanol–water partition coefficient (Wildman–Crippen LogP) is 2.20. The van der Waals surface area contributed by atoms with Crippen molar-refractivity contribution in [2.45, 2.75) is 18.1 Å². The molecule has 2 amide bonds. The summed E-state index contributed by atoms with van der Waals surface area (Å²) in [6, 6.07) is 9.98. The molecular formula is C19H16N4O3S. The fourth-order valence-electron chi connectivity index (χ4n) is 3.20. The van der Waals surface area contributed by atoms with Crippen LogP contribution in [0.5, 0.6) is 0 Å². The number of thioether (sulfide) groups is 1. The number of carbonyl (C=O) groups excluding carboxylic acids is 2. The normalized spacial score (nSPS) is 13.4. The smallest absolute Gasteiger partial charge is 0.261 e. The minimum atomic E-state index is -0.284. The van der Waals surface area contributed by atoms with E-state index in [1.54, 1.807) is 41.1 Å². The van der Waals surface area contributed by atoms with Crippen molar-refractivity contribution in [1.82, 2.24) is 19.4 Å². The average molecular weight is 380 g/mol. The molecule has 27 heavy (non-hydrogen) atoms. The van der Waals surface area contributed by atoms with Crippen molar-refractivity contribution in [1.29, 1.82) is 0 Å². The standard InChI is InChI=1S/C19H16N4O3S/c1-27-19-20-11-12-7-8-15(24)22(16(12)21-19)9-4-10-23-17(25)13-5-2-3-6-14(13)18(23)26/h2-3,5-8,11H,4,9-10H2,1H3. The molecule has 0 unspecified atom stereocenters. The van der Waals surface area contributed by atoms with Crippen LogP contribution in [0, 0.1) is 0 Å². The maximum Gasteiger partial charge on any atom is 0.261 e. The molecule has 2 aromatic heterocycles. The van der Waals surface area contributed by atoms with Crippen molar-refractivity contribution in [3.8, 4) is 0 Å². The van der Waals surface area contributed by atoms with Gasteiger partial charge in [0.2, 0.25) is 0 Å². The molecule has 0 fully saturated rings. The van der Waals surface area contributed by atoms with Crippen LogP contribution in [-0.2, 0) is 6.54 Å². The van der Waals surface area contributed by atoms with Crippen molar-refractivity contribution in [3.63, 3.8) is 0 Å². The van der Waals surface area contributed by atoms with Gasteiger partial charge in [0.25, 0.3) is 17.4 Å². The van der Waals surface area contributed by atoms with Crippen LogP contribution in [0.2, 0.25) is 0 Å². The lowest BCUT2D eigenvalue weighted by molar-refractivity contribution is 0.0651. The van der Waals surface area contributed by atoms with Crippen LogP contribution in [-0.4, -0.2) is 44.0 Å². The zero-order valence-electron chi connectivity index (χ0n) is 14.6. The maximum atomic E-state index is 12.4. The molecular weight excluding hydrogens is 364 g/mol. The molecule has 0 bridgehead atoms. The van der Waals surface area contributed by atoms with Crippen LogP contribution in [0.25, 0.3) is 11.0 Å². The fourth-order valence-corrected chi connectivity index (χ4v) is 3.54. The fraction of sp³-hybridized carbons (Fsp3) is 0.211. The zero-order chi connectivity index (χ0) is 19.0. The third kappa shape index (κ3) is 3.02. The summed E-state index contributed by atoms with van der Waals surface area (Å²) in [5, 5.41) is 1.36. The van der Waals surface area contributed by atoms with Crippen LogP contribution in [0.3, 0.4) is 0 Å². The Morgan fingerprint density at radius 1 is 0.963 bits per heavy atom. The van der Waals surface area contributed by atoms with Crippen molar-refractivity contribution >= 4 is 34.6 Å². The van der Waals surface area contributed by atoms with E-state index in [-0.39, 0.29) is 23.9 Å². The third-order valence-corrected chi connectivity index (χ3v) is 5.09. The summed E-state index contributed by atoms with van der Waals surface area (Å²) in [5.41, 5.74) is 1.25. The van der Waals surface area contributed by atoms with E-state index in [0.29, 0.717) is 34.9 Å². The number of hydrogen-bond acceptors (Lipinski definition) is 6. The largest absolute Gasteiger partial charge is 0.293 e. The van der Waals surface area contributed by atoms with Crippen molar-refractivity contribution in [3.05, 3.63) is 64.1 Å². The summed E-state index contributed by atoms with van der Waals surface area (Å²) in [6.07, 6.45) is 4.02. The van der Waals surface area contributed by atoms with Gasteiger partial charge >= 0.3 is 0 Å². The van der Waals surface area contributed by atoms with E-state index in [9.17, 15) is 14.4 Å². The van der Waals surface area contributed by atoms with Crippen LogP contribution >= 0.6 is 11.8 Å². The molecule has 1 aliphatic heterocycles. The molecule has 0 saturated carbocycles. The first kappa shape index (κ1) is 17.4. The van der Waals surface area contributed by atoms with E-state index in [2.05, 4.69) is 9.97 Å². The number of fused-ring (bicyclic) bond motifs is 2. The quantitative estimate of drug-likeness (QED) is 0.383. The Balaban J connectivity index is 1.55. The lowest BCUT2D eigenvalue weighted by Gasteiger charge is -2.15. The third-order valence-electron chi connectivity index (χ3n) is 4.53. The van der Waals surface area contributed by atoms with Gasteiger partial charge in [-0.1, -0.05) is 23.9 Å². The average Bonchev–Trinajstić information content (AvgIpc) is 2.94. The Hall–Kier alpha value is -3.00. The Morgan fingerprint density at radius 3 is 2.33 bits per heavy atom. The Bertz CT molecular complexity index is 1090. The van der Waals surface area contributed by atoms with Crippen molar-refractivity contribution < 1.29 is 9.59 Å². The van der Waals surface area contributed by atoms with Gasteiger partial charge in [-0.2, -0.15) is 0 Å². The first-order valence-electron chi connectivity index (χ1n) is 8.46. The highest BCUT2D eigenvalue weighted by molar-refractivity contribution is 7.98. The molecule has 136 valence electrons. The Morgan fingerprint density at radius 2 is 1.67 bits per heavy atom. The second-order valence-electron chi connectivity index (χ2n) is 6.12. The zero-order valence-corrected chi connectivity index (χ0v) is 15.4. The van der Waals surface area contributed by atoms with Crippen LogP contribution in [0.4, 0.5) is 0 Å². The highest BCUT2D eigenvalue weighted by Crippen LogP contribution is 2.22. The number of amides is 2. The summed E-state index contributed by atoms with van der Waals surface area (Å²) in [6.45, 7) is 0.601. The molecule has 3 aromatic rings. The molecule has 0 N–H and O–H groups in total. The molecule has 0 spiro atoms. The molecule has 4 rings (SSSR count). The number of hydrogen-bond donors (Lipinski definition) is 0. The first-order chi connectivity index (χ1) is 13.1. The summed E-state index contributed by atoms with van der Waals surface area (Å²) in [4.78, 5) is 47.1. The summed E-state index contributed by atoms with van der Waals surface area (Å²) in [7, 11) is 0. The number of aryl methyl sites for hydroxylation is 1. The van der Waals surface area contributed by atoms with Gasteiger partial charge in [-0.25, -0.2) is 9.97 Å². The van der Waals surface area contributed by atoms with Gasteiger partial charge in [0.1, 0.15) is 5.65 Å². The van der Waals surface area contributed by atoms with Gasteiger partial charge in [0.05, 0.1) is 11.1 Å². The van der Waals surface area contributed by atoms with Gasteiger partial charge in [0.15, 0.2) is 5.16 Å². The van der Waals surface area contributed by atoms with Gasteiger partial charge in [-0.3, -0.25) is 23.9 Å². The van der Waals surface area contributed by atoms with Gasteiger partial charge in [0, 0.05) is 30.7 Å². The Kier molecular flexibility index (Phi) is 4.49. The second kappa shape index (κ2) is 6.96. The van der Waals surface area contributed by atoms with E-state index >= 15 is 0 Å². The molecule has 0 atom stereocenters. The molecule has 0 saturated heterocycles. The minimum Gasteiger partial charge on any atom is -0.293 e. The van der Waals surface area contributed by atoms with Crippen LogP contribution < -0.4 is 5.56 Å². The highest BCUT2D eigenvalue weighted by atomic mass is 32.2. The van der Waals surface area contributed by atoms with E-state index in [1.165, 1.54) is 22.7 Å². The number of rotatable bonds is 5. The highest BCUT2D eigenvalue weighted by Gasteiger charge is 2.34. The minimum absolute atomic E-state index is 0.171. The van der Waals surface area contributed by atoms with E-state index < -0.39 is 0 Å². The first-order valence-corrected chi connectivity index (χ1v) is 9.68. The molecule has 3 heterocycles. The van der Waals surface area contributed by atoms with Crippen LogP contribution in [0.1, 0.15) is 27.1 Å². The van der Waals surface area contributed by atoms with E-state index in [1.807, 2.05) is 6.26 Å². The molecule has 1 aromatic carbocycles. The number of carbonyl (C=O) groups is 2. The van der Waals surface area contributed by atoms with Crippen molar-refractivity contribution in [2.75, 3.05) is 12.8 Å². The molecule has 0 radical (unpaired) electrons. The molecule has 8 heteroatoms. The lowest BCUT2D eigenvalue weighted by Crippen LogP contribution is -2.32. The predicted molar refractivity (Wildman–Crippen MR) is 102 cm³/mol. The van der Waals surface area contributed by atoms with E-state index in [4.69, 9.17) is 0 Å². The monoisotopic (exact) mass is 380 g/mol. The number of imide groups is 1. The summed E-state index contributed by atoms with van der Waals surface area (Å²) in [5.74, 6) is -0.569. The SMILES string of the molecule is CSc1ncc2ccc(=O)n(CCCN3C(=O)c4ccccc4C3=O)c2n1. The van der Waals surface area contributed by atoms with Crippen LogP contribution in [0.15, 0.2) is 52.5 Å². The number of pyridine rings is 1. The topological polar surface area (TPSA) is 85.2 Å². The second-order valence-corrected chi connectivity index (χ2v) is 6.89. The molecule has 7 nitrogen and oxygen atoms in total. The number of benzene rings is 1. The summed E-state index contributed by atoms with van der Waals surface area (Å²) < 4.78 is 1.56. The Labute approximate surface area is 159 Å². The van der Waals surface area contributed by atoms with Crippen molar-refractivity contribution in [2.24, 2.45) is 0 Å². The maximum absolute atomic E-state index is 12.4. The van der Waals surface area contributed by atoms with Gasteiger partial charge in [-0.15, -0.1) is 0 Å². The van der Waals surface area contributed by atoms with Gasteiger partial charge in [-0.05, 0) is 30.9 Å². The number of aromatic nitrogens is 3. The number of nitrogens with zero attached hydrogens (tertiary/aromatic N) is 4. The summed E-state index contributed by atoms with van der Waals surface area (Å²) >= 11 is 1.40. The van der Waals surface area contributed by atoms with Gasteiger partial charge < -0.3 is 0 Å². The van der Waals surface area contributed by atoms with E-state index in [0.717, 1.165) is 5.39 Å². The molecule has 1 aliphatic rings.